The molecule has 0 atom stereocenters. The highest BCUT2D eigenvalue weighted by Gasteiger charge is 2.27. The van der Waals surface area contributed by atoms with Crippen molar-refractivity contribution in [3.05, 3.63) is 82.7 Å². The SMILES string of the molecule is O=C(NNC(=O)c1nn(-c2ccc(F)cc2)c2c1CCC2)c1ccc(F)cc1. The highest BCUT2D eigenvalue weighted by molar-refractivity contribution is 5.99. The van der Waals surface area contributed by atoms with E-state index >= 15 is 0 Å². The van der Waals surface area contributed by atoms with E-state index in [1.165, 1.54) is 24.3 Å². The fourth-order valence-corrected chi connectivity index (χ4v) is 3.26. The number of carbonyl (C=O) groups is 2. The lowest BCUT2D eigenvalue weighted by Crippen LogP contribution is -2.42. The van der Waals surface area contributed by atoms with Crippen LogP contribution in [0.4, 0.5) is 8.78 Å². The molecule has 2 N–H and O–H groups in total. The molecule has 4 rings (SSSR count). The highest BCUT2D eigenvalue weighted by atomic mass is 19.1. The van der Waals surface area contributed by atoms with Crippen molar-refractivity contribution in [1.29, 1.82) is 0 Å². The van der Waals surface area contributed by atoms with Gasteiger partial charge in [0.25, 0.3) is 11.8 Å². The summed E-state index contributed by atoms with van der Waals surface area (Å²) < 4.78 is 27.8. The summed E-state index contributed by atoms with van der Waals surface area (Å²) in [6, 6.07) is 10.8. The minimum Gasteiger partial charge on any atom is -0.267 e. The predicted molar refractivity (Wildman–Crippen MR) is 96.9 cm³/mol. The molecule has 0 saturated heterocycles. The molecule has 0 bridgehead atoms. The first-order chi connectivity index (χ1) is 13.5. The molecular weight excluding hydrogens is 366 g/mol. The largest absolute Gasteiger partial charge is 0.290 e. The van der Waals surface area contributed by atoms with Crippen molar-refractivity contribution in [1.82, 2.24) is 20.6 Å². The second-order valence-corrected chi connectivity index (χ2v) is 6.43. The van der Waals surface area contributed by atoms with Crippen molar-refractivity contribution in [2.24, 2.45) is 0 Å². The fourth-order valence-electron chi connectivity index (χ4n) is 3.26. The van der Waals surface area contributed by atoms with Gasteiger partial charge in [0, 0.05) is 16.8 Å². The molecule has 0 unspecified atom stereocenters. The number of rotatable bonds is 3. The lowest BCUT2D eigenvalue weighted by molar-refractivity contribution is 0.0843. The lowest BCUT2D eigenvalue weighted by atomic mass is 10.2. The van der Waals surface area contributed by atoms with Gasteiger partial charge in [0.15, 0.2) is 5.69 Å². The first-order valence-corrected chi connectivity index (χ1v) is 8.76. The number of hydrogen-bond donors (Lipinski definition) is 2. The number of aromatic nitrogens is 2. The van der Waals surface area contributed by atoms with Crippen LogP contribution in [0.25, 0.3) is 5.69 Å². The number of amides is 2. The van der Waals surface area contributed by atoms with Gasteiger partial charge in [0.1, 0.15) is 11.6 Å². The van der Waals surface area contributed by atoms with Crippen LogP contribution in [0.3, 0.4) is 0 Å². The summed E-state index contributed by atoms with van der Waals surface area (Å²) in [5.41, 5.74) is 7.47. The Balaban J connectivity index is 1.53. The molecule has 1 aliphatic carbocycles. The second-order valence-electron chi connectivity index (χ2n) is 6.43. The number of halogens is 2. The van der Waals surface area contributed by atoms with Crippen LogP contribution in [0.2, 0.25) is 0 Å². The van der Waals surface area contributed by atoms with E-state index in [0.717, 1.165) is 36.2 Å². The van der Waals surface area contributed by atoms with Crippen LogP contribution in [-0.2, 0) is 12.8 Å². The molecule has 8 heteroatoms. The van der Waals surface area contributed by atoms with E-state index in [2.05, 4.69) is 16.0 Å². The Morgan fingerprint density at radius 1 is 0.857 bits per heavy atom. The molecule has 142 valence electrons. The molecule has 1 aliphatic rings. The molecule has 0 radical (unpaired) electrons. The molecule has 0 spiro atoms. The fraction of sp³-hybridized carbons (Fsp3) is 0.150. The number of nitrogens with zero attached hydrogens (tertiary/aromatic N) is 2. The van der Waals surface area contributed by atoms with Gasteiger partial charge in [0.05, 0.1) is 5.69 Å². The Labute approximate surface area is 159 Å². The van der Waals surface area contributed by atoms with Crippen LogP contribution >= 0.6 is 0 Å². The van der Waals surface area contributed by atoms with Crippen LogP contribution in [0.15, 0.2) is 48.5 Å². The van der Waals surface area contributed by atoms with E-state index in [0.29, 0.717) is 12.1 Å². The maximum Gasteiger partial charge on any atom is 0.290 e. The molecule has 1 heterocycles. The maximum atomic E-state index is 13.2. The third-order valence-electron chi connectivity index (χ3n) is 4.61. The summed E-state index contributed by atoms with van der Waals surface area (Å²) in [6.45, 7) is 0. The average molecular weight is 382 g/mol. The van der Waals surface area contributed by atoms with Crippen LogP contribution in [0.1, 0.15) is 38.5 Å². The number of hydrazine groups is 1. The van der Waals surface area contributed by atoms with E-state index in [-0.39, 0.29) is 17.1 Å². The van der Waals surface area contributed by atoms with Gasteiger partial charge in [-0.05, 0) is 67.8 Å². The van der Waals surface area contributed by atoms with Crippen molar-refractivity contribution < 1.29 is 18.4 Å². The topological polar surface area (TPSA) is 76.0 Å². The molecule has 28 heavy (non-hydrogen) atoms. The zero-order valence-electron chi connectivity index (χ0n) is 14.7. The smallest absolute Gasteiger partial charge is 0.267 e. The summed E-state index contributed by atoms with van der Waals surface area (Å²) in [5.74, 6) is -1.92. The van der Waals surface area contributed by atoms with Gasteiger partial charge in [-0.1, -0.05) is 0 Å². The Morgan fingerprint density at radius 2 is 1.46 bits per heavy atom. The zero-order valence-corrected chi connectivity index (χ0v) is 14.7. The summed E-state index contributed by atoms with van der Waals surface area (Å²) in [5, 5.41) is 4.38. The Hall–Kier alpha value is -3.55. The number of hydrogen-bond acceptors (Lipinski definition) is 3. The van der Waals surface area contributed by atoms with Gasteiger partial charge in [-0.25, -0.2) is 13.5 Å². The zero-order chi connectivity index (χ0) is 19.7. The summed E-state index contributed by atoms with van der Waals surface area (Å²) in [7, 11) is 0. The number of fused-ring (bicyclic) bond motifs is 1. The van der Waals surface area contributed by atoms with E-state index < -0.39 is 17.6 Å². The first-order valence-electron chi connectivity index (χ1n) is 8.76. The molecule has 6 nitrogen and oxygen atoms in total. The van der Waals surface area contributed by atoms with E-state index in [1.54, 1.807) is 16.8 Å². The Kier molecular flexibility index (Phi) is 4.60. The lowest BCUT2D eigenvalue weighted by Gasteiger charge is -2.07. The van der Waals surface area contributed by atoms with Gasteiger partial charge >= 0.3 is 0 Å². The molecule has 1 aromatic heterocycles. The van der Waals surface area contributed by atoms with Crippen LogP contribution in [0.5, 0.6) is 0 Å². The summed E-state index contributed by atoms with van der Waals surface area (Å²) in [6.07, 6.45) is 2.34. The maximum absolute atomic E-state index is 13.2. The first kappa shape index (κ1) is 17.8. The quantitative estimate of drug-likeness (QED) is 0.684. The van der Waals surface area contributed by atoms with Gasteiger partial charge < -0.3 is 0 Å². The molecule has 0 aliphatic heterocycles. The third kappa shape index (κ3) is 3.36. The third-order valence-corrected chi connectivity index (χ3v) is 4.61. The minimum absolute atomic E-state index is 0.212. The van der Waals surface area contributed by atoms with E-state index in [9.17, 15) is 18.4 Å². The predicted octanol–water partition coefficient (Wildman–Crippen LogP) is 2.71. The van der Waals surface area contributed by atoms with Crippen molar-refractivity contribution in [2.45, 2.75) is 19.3 Å². The van der Waals surface area contributed by atoms with Crippen molar-refractivity contribution in [2.75, 3.05) is 0 Å². The van der Waals surface area contributed by atoms with E-state index in [4.69, 9.17) is 0 Å². The molecule has 0 fully saturated rings. The molecule has 3 aromatic rings. The number of benzene rings is 2. The summed E-state index contributed by atoms with van der Waals surface area (Å²) >= 11 is 0. The van der Waals surface area contributed by atoms with Crippen molar-refractivity contribution in [3.63, 3.8) is 0 Å². The molecular formula is C20H16F2N4O2. The van der Waals surface area contributed by atoms with Crippen molar-refractivity contribution in [3.8, 4) is 5.69 Å². The monoisotopic (exact) mass is 382 g/mol. The van der Waals surface area contributed by atoms with Crippen LogP contribution in [-0.4, -0.2) is 21.6 Å². The number of carbonyl (C=O) groups excluding carboxylic acids is 2. The Bertz CT molecular complexity index is 1040. The summed E-state index contributed by atoms with van der Waals surface area (Å²) in [4.78, 5) is 24.6. The minimum atomic E-state index is -0.567. The van der Waals surface area contributed by atoms with Crippen LogP contribution < -0.4 is 10.9 Å². The second kappa shape index (κ2) is 7.22. The van der Waals surface area contributed by atoms with Crippen LogP contribution in [0, 0.1) is 11.6 Å². The van der Waals surface area contributed by atoms with Crippen molar-refractivity contribution >= 4 is 11.8 Å². The van der Waals surface area contributed by atoms with Gasteiger partial charge in [-0.15, -0.1) is 0 Å². The van der Waals surface area contributed by atoms with E-state index in [1.807, 2.05) is 0 Å². The normalized spacial score (nSPS) is 12.5. The number of nitrogens with one attached hydrogen (secondary N) is 2. The molecule has 2 aromatic carbocycles. The van der Waals surface area contributed by atoms with Gasteiger partial charge in [0.2, 0.25) is 0 Å². The Morgan fingerprint density at radius 3 is 2.14 bits per heavy atom. The highest BCUT2D eigenvalue weighted by Crippen LogP contribution is 2.27. The standard InChI is InChI=1S/C20H16F2N4O2/c21-13-6-4-12(5-7-13)19(27)23-24-20(28)18-16-2-1-3-17(16)26(25-18)15-10-8-14(22)9-11-15/h4-11H,1-3H2,(H,23,27)(H,24,28). The average Bonchev–Trinajstić information content (AvgIpc) is 3.30. The van der Waals surface area contributed by atoms with Gasteiger partial charge in [-0.2, -0.15) is 5.10 Å². The van der Waals surface area contributed by atoms with Gasteiger partial charge in [-0.3, -0.25) is 20.4 Å². The molecule has 0 saturated carbocycles. The molecule has 2 amide bonds.